The molecule has 0 radical (unpaired) electrons. The summed E-state index contributed by atoms with van der Waals surface area (Å²) < 4.78 is 5.68. The quantitative estimate of drug-likeness (QED) is 0.906. The first-order valence-corrected chi connectivity index (χ1v) is 7.98. The highest BCUT2D eigenvalue weighted by atomic mass is 16.5. The van der Waals surface area contributed by atoms with E-state index in [1.807, 2.05) is 6.20 Å². The van der Waals surface area contributed by atoms with E-state index in [9.17, 15) is 0 Å². The summed E-state index contributed by atoms with van der Waals surface area (Å²) in [6, 6.07) is 2.46. The lowest BCUT2D eigenvalue weighted by Crippen LogP contribution is -2.48. The molecule has 0 bridgehead atoms. The van der Waals surface area contributed by atoms with Gasteiger partial charge in [-0.3, -0.25) is 0 Å². The molecule has 118 valence electrons. The first-order valence-electron chi connectivity index (χ1n) is 7.98. The maximum Gasteiger partial charge on any atom is 0.131 e. The fourth-order valence-electron chi connectivity index (χ4n) is 3.07. The van der Waals surface area contributed by atoms with Crippen LogP contribution in [0, 0.1) is 6.92 Å². The average Bonchev–Trinajstić information content (AvgIpc) is 2.47. The molecule has 2 rings (SSSR count). The van der Waals surface area contributed by atoms with Crippen LogP contribution in [0.25, 0.3) is 0 Å². The van der Waals surface area contributed by atoms with Crippen molar-refractivity contribution in [2.45, 2.75) is 58.1 Å². The summed E-state index contributed by atoms with van der Waals surface area (Å²) in [5.74, 6) is 1.09. The number of aromatic nitrogens is 1. The number of anilines is 1. The fourth-order valence-corrected chi connectivity index (χ4v) is 3.07. The van der Waals surface area contributed by atoms with Crippen LogP contribution in [0.5, 0.6) is 0 Å². The van der Waals surface area contributed by atoms with Crippen molar-refractivity contribution in [1.82, 2.24) is 4.98 Å². The predicted octanol–water partition coefficient (Wildman–Crippen LogP) is 2.68. The smallest absolute Gasteiger partial charge is 0.131 e. The van der Waals surface area contributed by atoms with Crippen molar-refractivity contribution in [1.29, 1.82) is 0 Å². The van der Waals surface area contributed by atoms with E-state index >= 15 is 0 Å². The molecule has 0 spiro atoms. The molecule has 1 fully saturated rings. The second-order valence-corrected chi connectivity index (χ2v) is 6.54. The van der Waals surface area contributed by atoms with Crippen molar-refractivity contribution < 1.29 is 4.74 Å². The molecule has 0 saturated carbocycles. The van der Waals surface area contributed by atoms with Crippen molar-refractivity contribution in [3.05, 3.63) is 23.4 Å². The van der Waals surface area contributed by atoms with E-state index in [4.69, 9.17) is 15.5 Å². The van der Waals surface area contributed by atoms with Crippen molar-refractivity contribution >= 4 is 5.82 Å². The highest BCUT2D eigenvalue weighted by Crippen LogP contribution is 2.29. The lowest BCUT2D eigenvalue weighted by molar-refractivity contribution is -0.00483. The van der Waals surface area contributed by atoms with Gasteiger partial charge in [-0.05, 0) is 50.7 Å². The minimum absolute atomic E-state index is 0.0599. The van der Waals surface area contributed by atoms with Crippen LogP contribution >= 0.6 is 0 Å². The Balaban J connectivity index is 2.13. The third kappa shape index (κ3) is 3.95. The summed E-state index contributed by atoms with van der Waals surface area (Å²) in [4.78, 5) is 7.06. The van der Waals surface area contributed by atoms with Crippen LogP contribution in [-0.4, -0.2) is 36.8 Å². The molecule has 0 aromatic carbocycles. The molecule has 1 aliphatic heterocycles. The molecule has 0 aliphatic carbocycles. The number of rotatable bonds is 5. The van der Waals surface area contributed by atoms with Gasteiger partial charge in [0.15, 0.2) is 0 Å². The summed E-state index contributed by atoms with van der Waals surface area (Å²) in [7, 11) is 1.80. The van der Waals surface area contributed by atoms with E-state index in [0.717, 1.165) is 44.6 Å². The largest absolute Gasteiger partial charge is 0.377 e. The molecular formula is C17H29N3O. The van der Waals surface area contributed by atoms with E-state index in [-0.39, 0.29) is 11.6 Å². The van der Waals surface area contributed by atoms with Crippen molar-refractivity contribution in [2.75, 3.05) is 25.1 Å². The second kappa shape index (κ2) is 6.75. The topological polar surface area (TPSA) is 51.4 Å². The molecule has 2 N–H and O–H groups in total. The van der Waals surface area contributed by atoms with Gasteiger partial charge in [-0.25, -0.2) is 4.98 Å². The fraction of sp³-hybridized carbons (Fsp3) is 0.706. The molecule has 2 atom stereocenters. The molecule has 1 aromatic rings. The molecule has 1 saturated heterocycles. The maximum atomic E-state index is 6.03. The first kappa shape index (κ1) is 16.2. The Kier molecular flexibility index (Phi) is 5.22. The van der Waals surface area contributed by atoms with Crippen molar-refractivity contribution in [2.24, 2.45) is 5.73 Å². The number of piperidine rings is 1. The van der Waals surface area contributed by atoms with Gasteiger partial charge < -0.3 is 15.4 Å². The summed E-state index contributed by atoms with van der Waals surface area (Å²) in [6.07, 6.45) is 6.15. The highest BCUT2D eigenvalue weighted by molar-refractivity contribution is 5.48. The normalized spacial score (nSPS) is 24.1. The minimum Gasteiger partial charge on any atom is -0.377 e. The van der Waals surface area contributed by atoms with Crippen LogP contribution in [0.3, 0.4) is 0 Å². The van der Waals surface area contributed by atoms with Gasteiger partial charge in [-0.2, -0.15) is 0 Å². The zero-order valence-electron chi connectivity index (χ0n) is 13.9. The molecular weight excluding hydrogens is 262 g/mol. The van der Waals surface area contributed by atoms with E-state index in [0.29, 0.717) is 0 Å². The van der Waals surface area contributed by atoms with Crippen LogP contribution in [0.2, 0.25) is 0 Å². The van der Waals surface area contributed by atoms with Gasteiger partial charge in [0.05, 0.1) is 5.60 Å². The summed E-state index contributed by atoms with van der Waals surface area (Å²) >= 11 is 0. The lowest BCUT2D eigenvalue weighted by Gasteiger charge is -2.40. The van der Waals surface area contributed by atoms with E-state index in [1.165, 1.54) is 11.1 Å². The van der Waals surface area contributed by atoms with Gasteiger partial charge in [0.2, 0.25) is 0 Å². The Labute approximate surface area is 128 Å². The molecule has 2 heterocycles. The van der Waals surface area contributed by atoms with Crippen molar-refractivity contribution in [3.63, 3.8) is 0 Å². The Morgan fingerprint density at radius 2 is 2.29 bits per heavy atom. The molecule has 1 aliphatic rings. The van der Waals surface area contributed by atoms with Crippen LogP contribution in [0.1, 0.15) is 44.2 Å². The number of aryl methyl sites for hydroxylation is 1. The van der Waals surface area contributed by atoms with Crippen molar-refractivity contribution in [3.8, 4) is 0 Å². The van der Waals surface area contributed by atoms with Crippen LogP contribution in [0.15, 0.2) is 12.3 Å². The summed E-state index contributed by atoms with van der Waals surface area (Å²) in [5, 5.41) is 0. The predicted molar refractivity (Wildman–Crippen MR) is 87.8 cm³/mol. The maximum absolute atomic E-state index is 6.03. The number of hydrogen-bond acceptors (Lipinski definition) is 4. The van der Waals surface area contributed by atoms with Crippen LogP contribution < -0.4 is 10.6 Å². The van der Waals surface area contributed by atoms with E-state index in [1.54, 1.807) is 7.11 Å². The number of nitrogens with two attached hydrogens (primary N) is 1. The molecule has 4 nitrogen and oxygen atoms in total. The lowest BCUT2D eigenvalue weighted by atomic mass is 9.94. The minimum atomic E-state index is -0.0599. The third-order valence-corrected chi connectivity index (χ3v) is 4.58. The van der Waals surface area contributed by atoms with Gasteiger partial charge in [-0.15, -0.1) is 0 Å². The van der Waals surface area contributed by atoms with Crippen LogP contribution in [0.4, 0.5) is 5.82 Å². The van der Waals surface area contributed by atoms with E-state index in [2.05, 4.69) is 31.7 Å². The Morgan fingerprint density at radius 1 is 1.52 bits per heavy atom. The van der Waals surface area contributed by atoms with Gasteiger partial charge in [0.1, 0.15) is 5.82 Å². The number of ether oxygens (including phenoxy) is 1. The Bertz CT molecular complexity index is 477. The summed E-state index contributed by atoms with van der Waals surface area (Å²) in [6.45, 7) is 8.41. The zero-order chi connectivity index (χ0) is 15.5. The first-order chi connectivity index (χ1) is 9.97. The standard InChI is InChI=1S/C17H29N3O/c1-5-15(18)10-14-9-13(2)16(19-11-14)20-8-6-7-17(3,12-20)21-4/h9,11,15H,5-8,10,12,18H2,1-4H3. The van der Waals surface area contributed by atoms with Gasteiger partial charge in [0, 0.05) is 32.4 Å². The monoisotopic (exact) mass is 291 g/mol. The zero-order valence-corrected chi connectivity index (χ0v) is 13.9. The third-order valence-electron chi connectivity index (χ3n) is 4.58. The number of hydrogen-bond donors (Lipinski definition) is 1. The molecule has 4 heteroatoms. The van der Waals surface area contributed by atoms with Crippen LogP contribution in [-0.2, 0) is 11.2 Å². The molecule has 1 aromatic heterocycles. The SMILES string of the molecule is CCC(N)Cc1cnc(N2CCCC(C)(OC)C2)c(C)c1. The number of methoxy groups -OCH3 is 1. The average molecular weight is 291 g/mol. The highest BCUT2D eigenvalue weighted by Gasteiger charge is 2.31. The molecule has 21 heavy (non-hydrogen) atoms. The van der Waals surface area contributed by atoms with E-state index < -0.39 is 0 Å². The van der Waals surface area contributed by atoms with Gasteiger partial charge in [0.25, 0.3) is 0 Å². The Hall–Kier alpha value is -1.13. The Morgan fingerprint density at radius 3 is 2.90 bits per heavy atom. The van der Waals surface area contributed by atoms with Gasteiger partial charge >= 0.3 is 0 Å². The number of nitrogens with zero attached hydrogens (tertiary/aromatic N) is 2. The second-order valence-electron chi connectivity index (χ2n) is 6.54. The van der Waals surface area contributed by atoms with Gasteiger partial charge in [-0.1, -0.05) is 13.0 Å². The number of pyridine rings is 1. The molecule has 0 amide bonds. The summed E-state index contributed by atoms with van der Waals surface area (Å²) in [5.41, 5.74) is 8.44. The molecule has 2 unspecified atom stereocenters.